The minimum absolute atomic E-state index is 0.0388. The van der Waals surface area contributed by atoms with E-state index in [1.807, 2.05) is 0 Å². The van der Waals surface area contributed by atoms with E-state index in [2.05, 4.69) is 15.9 Å². The Kier molecular flexibility index (Phi) is 5.51. The van der Waals surface area contributed by atoms with Crippen molar-refractivity contribution < 1.29 is 36.2 Å². The monoisotopic (exact) mass is 597 g/mol. The molecule has 3 aromatic rings. The van der Waals surface area contributed by atoms with E-state index >= 15 is 0 Å². The summed E-state index contributed by atoms with van der Waals surface area (Å²) in [6.07, 6.45) is -9.95. The van der Waals surface area contributed by atoms with Crippen LogP contribution >= 0.6 is 49.9 Å². The lowest BCUT2D eigenvalue weighted by Gasteiger charge is -2.15. The molecule has 0 amide bonds. The van der Waals surface area contributed by atoms with Gasteiger partial charge in [-0.1, -0.05) is 0 Å². The van der Waals surface area contributed by atoms with Crippen LogP contribution in [0.4, 0.5) is 26.3 Å². The molecule has 0 fully saturated rings. The van der Waals surface area contributed by atoms with E-state index in [4.69, 9.17) is 0 Å². The number of halogens is 8. The van der Waals surface area contributed by atoms with Gasteiger partial charge in [-0.15, -0.1) is 11.3 Å². The predicted molar refractivity (Wildman–Crippen MR) is 103 cm³/mol. The molecule has 0 spiro atoms. The van der Waals surface area contributed by atoms with E-state index in [0.29, 0.717) is 30.4 Å². The highest BCUT2D eigenvalue weighted by atomic mass is 127. The summed E-state index contributed by atoms with van der Waals surface area (Å²) in [5, 5.41) is 11.2. The summed E-state index contributed by atoms with van der Waals surface area (Å²) in [6, 6.07) is 1.23. The Hall–Kier alpha value is -1.28. The van der Waals surface area contributed by atoms with Crippen LogP contribution in [0.25, 0.3) is 10.2 Å². The second-order valence-corrected chi connectivity index (χ2v) is 8.54. The molecule has 28 heavy (non-hydrogen) atoms. The number of aromatic nitrogens is 1. The zero-order valence-corrected chi connectivity index (χ0v) is 17.8. The van der Waals surface area contributed by atoms with Crippen molar-refractivity contribution in [2.75, 3.05) is 0 Å². The second-order valence-electron chi connectivity index (χ2n) is 5.73. The summed E-state index contributed by atoms with van der Waals surface area (Å²) in [6.45, 7) is -0.469. The highest BCUT2D eigenvalue weighted by Gasteiger charge is 2.37. The zero-order valence-electron chi connectivity index (χ0n) is 13.3. The number of benzene rings is 1. The minimum atomic E-state index is -4.98. The second kappa shape index (κ2) is 7.20. The lowest BCUT2D eigenvalue weighted by atomic mass is 10.0. The molecule has 2 aromatic heterocycles. The summed E-state index contributed by atoms with van der Waals surface area (Å²) >= 11 is 6.27. The number of hydrogen-bond acceptors (Lipinski definition) is 2. The van der Waals surface area contributed by atoms with E-state index in [1.54, 1.807) is 28.0 Å². The van der Waals surface area contributed by atoms with Crippen LogP contribution in [0.1, 0.15) is 27.2 Å². The van der Waals surface area contributed by atoms with Crippen LogP contribution in [-0.4, -0.2) is 15.6 Å². The number of nitrogens with zero attached hydrogens (tertiary/aromatic N) is 1. The molecule has 12 heteroatoms. The Bertz CT molecular complexity index is 1050. The van der Waals surface area contributed by atoms with Gasteiger partial charge in [0, 0.05) is 11.9 Å². The van der Waals surface area contributed by atoms with E-state index in [-0.39, 0.29) is 17.3 Å². The van der Waals surface area contributed by atoms with Crippen molar-refractivity contribution in [2.24, 2.45) is 0 Å². The smallest absolute Gasteiger partial charge is 0.416 e. The van der Waals surface area contributed by atoms with Crippen LogP contribution < -0.4 is 0 Å². The van der Waals surface area contributed by atoms with E-state index < -0.39 is 36.0 Å². The Labute approximate surface area is 179 Å². The molecule has 0 aliphatic heterocycles. The van der Waals surface area contributed by atoms with E-state index in [9.17, 15) is 36.2 Å². The first-order valence-corrected chi connectivity index (χ1v) is 10.0. The van der Waals surface area contributed by atoms with Crippen molar-refractivity contribution in [1.82, 2.24) is 4.57 Å². The lowest BCUT2D eigenvalue weighted by molar-refractivity contribution is -0.143. The summed E-state index contributed by atoms with van der Waals surface area (Å²) in [4.78, 5) is 11.7. The Balaban J connectivity index is 2.23. The van der Waals surface area contributed by atoms with Gasteiger partial charge in [-0.05, 0) is 62.3 Å². The molecule has 0 bridgehead atoms. The molecule has 2 heterocycles. The zero-order chi connectivity index (χ0) is 21.0. The fraction of sp³-hybridized carbons (Fsp3) is 0.188. The van der Waals surface area contributed by atoms with Gasteiger partial charge in [0.05, 0.1) is 29.4 Å². The maximum Gasteiger partial charge on any atom is 0.416 e. The Morgan fingerprint density at radius 2 is 1.64 bits per heavy atom. The first kappa shape index (κ1) is 21.4. The third-order valence-corrected chi connectivity index (χ3v) is 7.17. The molecule has 3 nitrogen and oxygen atoms in total. The number of hydrogen-bond donors (Lipinski definition) is 1. The number of alkyl halides is 6. The first-order valence-electron chi connectivity index (χ1n) is 7.27. The summed E-state index contributed by atoms with van der Waals surface area (Å²) in [5.74, 6) is -1.33. The number of rotatable bonds is 3. The standard InChI is InChI=1S/C16H7BrF6INO2S/c17-9-5-28-13-10(24)12(14(26)27)25(11(9)13)4-6-1-7(15(18,19)20)3-8(2-6)16(21,22)23/h1-3,5H,4H2,(H,26,27). The quantitative estimate of drug-likeness (QED) is 0.265. The lowest BCUT2D eigenvalue weighted by Crippen LogP contribution is -2.15. The number of carbonyl (C=O) groups is 1. The fourth-order valence-electron chi connectivity index (χ4n) is 2.74. The van der Waals surface area contributed by atoms with Gasteiger partial charge < -0.3 is 9.67 Å². The van der Waals surface area contributed by atoms with Crippen molar-refractivity contribution in [3.05, 3.63) is 54.0 Å². The van der Waals surface area contributed by atoms with Crippen LogP contribution in [0.2, 0.25) is 0 Å². The molecule has 150 valence electrons. The van der Waals surface area contributed by atoms with E-state index in [1.165, 1.54) is 15.9 Å². The van der Waals surface area contributed by atoms with Gasteiger partial charge in [0.15, 0.2) is 0 Å². The molecule has 0 radical (unpaired) electrons. The van der Waals surface area contributed by atoms with E-state index in [0.717, 1.165) is 0 Å². The molecular formula is C16H7BrF6INO2S. The molecule has 0 aliphatic carbocycles. The largest absolute Gasteiger partial charge is 0.477 e. The molecule has 3 rings (SSSR count). The van der Waals surface area contributed by atoms with Crippen molar-refractivity contribution in [3.8, 4) is 0 Å². The van der Waals surface area contributed by atoms with Gasteiger partial charge in [0.2, 0.25) is 0 Å². The molecule has 1 aromatic carbocycles. The number of thiophene rings is 1. The maximum absolute atomic E-state index is 13.1. The molecule has 0 unspecified atom stereocenters. The highest BCUT2D eigenvalue weighted by Crippen LogP contribution is 2.40. The topological polar surface area (TPSA) is 42.2 Å². The highest BCUT2D eigenvalue weighted by molar-refractivity contribution is 14.1. The van der Waals surface area contributed by atoms with Gasteiger partial charge in [0.25, 0.3) is 0 Å². The first-order chi connectivity index (χ1) is 12.8. The maximum atomic E-state index is 13.1. The average Bonchev–Trinajstić information content (AvgIpc) is 3.05. The third-order valence-electron chi connectivity index (χ3n) is 3.86. The summed E-state index contributed by atoms with van der Waals surface area (Å²) in [5.41, 5.74) is -3.00. The van der Waals surface area contributed by atoms with Crippen molar-refractivity contribution in [3.63, 3.8) is 0 Å². The van der Waals surface area contributed by atoms with Crippen LogP contribution in [0, 0.1) is 3.57 Å². The van der Waals surface area contributed by atoms with Crippen LogP contribution in [0.15, 0.2) is 28.1 Å². The summed E-state index contributed by atoms with van der Waals surface area (Å²) in [7, 11) is 0. The molecular weight excluding hydrogens is 591 g/mol. The predicted octanol–water partition coefficient (Wildman–Crippen LogP) is 6.85. The number of aromatic carboxylic acids is 1. The van der Waals surface area contributed by atoms with Gasteiger partial charge >= 0.3 is 18.3 Å². The number of carboxylic acid groups (broad SMARTS) is 1. The normalized spacial score (nSPS) is 12.7. The summed E-state index contributed by atoms with van der Waals surface area (Å²) < 4.78 is 81.1. The van der Waals surface area contributed by atoms with Gasteiger partial charge in [0.1, 0.15) is 5.69 Å². The van der Waals surface area contributed by atoms with Crippen molar-refractivity contribution in [2.45, 2.75) is 18.9 Å². The van der Waals surface area contributed by atoms with Gasteiger partial charge in [-0.2, -0.15) is 26.3 Å². The van der Waals surface area contributed by atoms with Crippen LogP contribution in [0.3, 0.4) is 0 Å². The third kappa shape index (κ3) is 3.90. The van der Waals surface area contributed by atoms with Crippen molar-refractivity contribution in [1.29, 1.82) is 0 Å². The van der Waals surface area contributed by atoms with Crippen LogP contribution in [0.5, 0.6) is 0 Å². The van der Waals surface area contributed by atoms with Gasteiger partial charge in [-0.3, -0.25) is 0 Å². The Morgan fingerprint density at radius 3 is 2.11 bits per heavy atom. The number of fused-ring (bicyclic) bond motifs is 1. The van der Waals surface area contributed by atoms with Crippen molar-refractivity contribution >= 4 is 66.0 Å². The SMILES string of the molecule is O=C(O)c1c(I)c2scc(Br)c2n1Cc1cc(C(F)(F)F)cc(C(F)(F)F)c1. The average molecular weight is 598 g/mol. The Morgan fingerprint density at radius 1 is 1.11 bits per heavy atom. The minimum Gasteiger partial charge on any atom is -0.477 e. The molecule has 0 aliphatic rings. The fourth-order valence-corrected chi connectivity index (χ4v) is 5.58. The molecule has 0 saturated heterocycles. The molecule has 0 atom stereocenters. The van der Waals surface area contributed by atoms with Gasteiger partial charge in [-0.25, -0.2) is 4.79 Å². The molecule has 1 N–H and O–H groups in total. The number of carboxylic acids is 1. The molecule has 0 saturated carbocycles. The van der Waals surface area contributed by atoms with Crippen LogP contribution in [-0.2, 0) is 18.9 Å².